The van der Waals surface area contributed by atoms with Gasteiger partial charge < -0.3 is 21.1 Å². The van der Waals surface area contributed by atoms with Crippen LogP contribution in [0.3, 0.4) is 0 Å². The quantitative estimate of drug-likeness (QED) is 0.365. The molecule has 1 saturated heterocycles. The number of carbonyl (C=O) groups is 1. The van der Waals surface area contributed by atoms with Gasteiger partial charge in [0.15, 0.2) is 5.65 Å². The van der Waals surface area contributed by atoms with E-state index in [0.717, 1.165) is 28.6 Å². The Kier molecular flexibility index (Phi) is 4.57. The number of benzene rings is 1. The lowest BCUT2D eigenvalue weighted by Gasteiger charge is -2.10. The van der Waals surface area contributed by atoms with Crippen LogP contribution in [0.1, 0.15) is 18.4 Å². The predicted molar refractivity (Wildman–Crippen MR) is 110 cm³/mol. The molecular weight excluding hydrogens is 412 g/mol. The fraction of sp³-hybridized carbons (Fsp3) is 0.211. The van der Waals surface area contributed by atoms with Gasteiger partial charge in [0.2, 0.25) is 6.35 Å². The zero-order valence-corrected chi connectivity index (χ0v) is 16.7. The van der Waals surface area contributed by atoms with Crippen molar-refractivity contribution in [3.63, 3.8) is 0 Å². The van der Waals surface area contributed by atoms with Gasteiger partial charge in [-0.25, -0.2) is 4.98 Å². The third-order valence-corrected chi connectivity index (χ3v) is 5.67. The molecule has 2 aromatic heterocycles. The summed E-state index contributed by atoms with van der Waals surface area (Å²) in [4.78, 5) is 17.7. The lowest BCUT2D eigenvalue weighted by atomic mass is 10.2. The fourth-order valence-electron chi connectivity index (χ4n) is 3.02. The minimum Gasteiger partial charge on any atom is -0.367 e. The highest BCUT2D eigenvalue weighted by atomic mass is 35.5. The molecule has 0 bridgehead atoms. The van der Waals surface area contributed by atoms with Crippen LogP contribution >= 0.6 is 23.4 Å². The summed E-state index contributed by atoms with van der Waals surface area (Å²) in [7, 11) is 0. The van der Waals surface area contributed by atoms with Crippen LogP contribution in [0.2, 0.25) is 5.02 Å². The lowest BCUT2D eigenvalue weighted by molar-refractivity contribution is -0.117. The van der Waals surface area contributed by atoms with Gasteiger partial charge >= 0.3 is 0 Å². The molecule has 148 valence electrons. The zero-order valence-electron chi connectivity index (χ0n) is 15.1. The Balaban J connectivity index is 1.57. The maximum atomic E-state index is 11.9. The van der Waals surface area contributed by atoms with Crippen molar-refractivity contribution in [2.75, 3.05) is 5.32 Å². The summed E-state index contributed by atoms with van der Waals surface area (Å²) in [5.41, 5.74) is 1.55. The summed E-state index contributed by atoms with van der Waals surface area (Å²) in [5, 5.41) is 24.0. The predicted octanol–water partition coefficient (Wildman–Crippen LogP) is 2.44. The number of aliphatic hydroxyl groups excluding tert-OH is 1. The fourth-order valence-corrected chi connectivity index (χ4v) is 4.15. The van der Waals surface area contributed by atoms with Gasteiger partial charge in [-0.2, -0.15) is 9.61 Å². The van der Waals surface area contributed by atoms with Crippen molar-refractivity contribution >= 4 is 46.8 Å². The number of aromatic nitrogens is 3. The molecule has 8 nitrogen and oxygen atoms in total. The van der Waals surface area contributed by atoms with Crippen LogP contribution < -0.4 is 16.0 Å². The molecule has 1 aliphatic carbocycles. The molecule has 2 fully saturated rings. The Hall–Kier alpha value is -2.75. The smallest absolute Gasteiger partial charge is 0.270 e. The standard InChI is InChI=1S/C19H17ClN6O2S/c20-11-2-1-3-13(7-11)29-16-8-15(22-12-4-5-12)26-17(24-16)10(9-21-26)6-14-18(27)25-19(28)23-14/h1-3,6-9,12,19,22-23,28H,4-5H2,(H,25,27)/b14-6-. The van der Waals surface area contributed by atoms with E-state index in [1.165, 1.54) is 11.8 Å². The van der Waals surface area contributed by atoms with E-state index in [1.54, 1.807) is 16.8 Å². The van der Waals surface area contributed by atoms with Crippen LogP contribution in [0.15, 0.2) is 52.1 Å². The molecule has 2 aliphatic rings. The Bertz CT molecular complexity index is 1140. The minimum atomic E-state index is -1.09. The monoisotopic (exact) mass is 428 g/mol. The molecule has 3 heterocycles. The highest BCUT2D eigenvalue weighted by Crippen LogP contribution is 2.32. The van der Waals surface area contributed by atoms with E-state index in [2.05, 4.69) is 21.0 Å². The third kappa shape index (κ3) is 3.89. The largest absolute Gasteiger partial charge is 0.367 e. The Labute approximate surface area is 175 Å². The summed E-state index contributed by atoms with van der Waals surface area (Å²) in [6.45, 7) is 0. The van der Waals surface area contributed by atoms with Gasteiger partial charge in [-0.15, -0.1) is 0 Å². The number of halogens is 1. The second-order valence-electron chi connectivity index (χ2n) is 6.87. The van der Waals surface area contributed by atoms with Gasteiger partial charge in [-0.3, -0.25) is 4.79 Å². The summed E-state index contributed by atoms with van der Waals surface area (Å²) in [6, 6.07) is 10.00. The molecule has 0 spiro atoms. The zero-order chi connectivity index (χ0) is 20.0. The molecule has 1 saturated carbocycles. The van der Waals surface area contributed by atoms with Crippen molar-refractivity contribution in [1.29, 1.82) is 0 Å². The number of nitrogens with one attached hydrogen (secondary N) is 3. The highest BCUT2D eigenvalue weighted by molar-refractivity contribution is 7.99. The van der Waals surface area contributed by atoms with E-state index in [1.807, 2.05) is 30.3 Å². The molecular formula is C19H17ClN6O2S. The van der Waals surface area contributed by atoms with Crippen molar-refractivity contribution in [1.82, 2.24) is 25.2 Å². The second-order valence-corrected chi connectivity index (χ2v) is 8.40. The minimum absolute atomic E-state index is 0.263. The van der Waals surface area contributed by atoms with E-state index >= 15 is 0 Å². The summed E-state index contributed by atoms with van der Waals surface area (Å²) < 4.78 is 1.73. The van der Waals surface area contributed by atoms with Crippen LogP contribution in [0, 0.1) is 0 Å². The number of fused-ring (bicyclic) bond motifs is 1. The Morgan fingerprint density at radius 1 is 1.31 bits per heavy atom. The van der Waals surface area contributed by atoms with Crippen LogP contribution in [0.25, 0.3) is 11.7 Å². The molecule has 1 aliphatic heterocycles. The molecule has 1 unspecified atom stereocenters. The average molecular weight is 429 g/mol. The number of hydrogen-bond donors (Lipinski definition) is 4. The molecule has 29 heavy (non-hydrogen) atoms. The van der Waals surface area contributed by atoms with E-state index in [4.69, 9.17) is 16.6 Å². The second kappa shape index (κ2) is 7.25. The highest BCUT2D eigenvalue weighted by Gasteiger charge is 2.25. The number of nitrogens with zero attached hydrogens (tertiary/aromatic N) is 3. The Morgan fingerprint density at radius 2 is 2.17 bits per heavy atom. The van der Waals surface area contributed by atoms with Crippen LogP contribution in [0.5, 0.6) is 0 Å². The van der Waals surface area contributed by atoms with Gasteiger partial charge in [0.25, 0.3) is 5.91 Å². The molecule has 0 radical (unpaired) electrons. The van der Waals surface area contributed by atoms with Gasteiger partial charge in [-0.05, 0) is 37.1 Å². The first-order valence-electron chi connectivity index (χ1n) is 9.11. The summed E-state index contributed by atoms with van der Waals surface area (Å²) >= 11 is 7.61. The van der Waals surface area contributed by atoms with E-state index in [0.29, 0.717) is 22.3 Å². The Morgan fingerprint density at radius 3 is 2.90 bits per heavy atom. The first kappa shape index (κ1) is 18.3. The van der Waals surface area contributed by atoms with Crippen molar-refractivity contribution in [2.24, 2.45) is 0 Å². The molecule has 1 amide bonds. The van der Waals surface area contributed by atoms with Crippen LogP contribution in [-0.4, -0.2) is 38.0 Å². The number of hydrogen-bond acceptors (Lipinski definition) is 7. The summed E-state index contributed by atoms with van der Waals surface area (Å²) in [5.74, 6) is 0.466. The first-order valence-corrected chi connectivity index (χ1v) is 10.3. The molecule has 10 heteroatoms. The third-order valence-electron chi connectivity index (χ3n) is 4.53. The maximum Gasteiger partial charge on any atom is 0.270 e. The van der Waals surface area contributed by atoms with E-state index in [9.17, 15) is 9.90 Å². The van der Waals surface area contributed by atoms with Crippen LogP contribution in [0.4, 0.5) is 5.82 Å². The molecule has 3 aromatic rings. The molecule has 4 N–H and O–H groups in total. The SMILES string of the molecule is O=C1NC(O)N/C1=C\c1cnn2c(NC3CC3)cc(Sc3cccc(Cl)c3)nc12. The first-order chi connectivity index (χ1) is 14.0. The number of amides is 1. The van der Waals surface area contributed by atoms with Crippen LogP contribution in [-0.2, 0) is 4.79 Å². The molecule has 1 atom stereocenters. The van der Waals surface area contributed by atoms with Gasteiger partial charge in [0, 0.05) is 27.6 Å². The normalized spacial score (nSPS) is 20.1. The van der Waals surface area contributed by atoms with Crippen molar-refractivity contribution in [3.8, 4) is 0 Å². The van der Waals surface area contributed by atoms with E-state index < -0.39 is 6.35 Å². The topological polar surface area (TPSA) is 104 Å². The maximum absolute atomic E-state index is 11.9. The number of rotatable bonds is 5. The van der Waals surface area contributed by atoms with Gasteiger partial charge in [0.05, 0.1) is 6.20 Å². The lowest BCUT2D eigenvalue weighted by Crippen LogP contribution is -2.30. The van der Waals surface area contributed by atoms with Crippen molar-refractivity contribution in [2.45, 2.75) is 35.2 Å². The number of anilines is 1. The van der Waals surface area contributed by atoms with Crippen molar-refractivity contribution < 1.29 is 9.90 Å². The van der Waals surface area contributed by atoms with E-state index in [-0.39, 0.29) is 11.6 Å². The molecule has 1 aromatic carbocycles. The van der Waals surface area contributed by atoms with Gasteiger partial charge in [0.1, 0.15) is 16.5 Å². The average Bonchev–Trinajstić information content (AvgIpc) is 3.31. The van der Waals surface area contributed by atoms with Crippen molar-refractivity contribution in [3.05, 3.63) is 52.8 Å². The number of aliphatic hydroxyl groups is 1. The number of carbonyl (C=O) groups excluding carboxylic acids is 1. The molecule has 5 rings (SSSR count). The summed E-state index contributed by atoms with van der Waals surface area (Å²) in [6.07, 6.45) is 4.45. The van der Waals surface area contributed by atoms with Gasteiger partial charge in [-0.1, -0.05) is 29.4 Å².